The van der Waals surface area contributed by atoms with E-state index in [1.165, 1.54) is 19.5 Å². The molecule has 1 rings (SSSR count). The largest absolute Gasteiger partial charge is 0.306 e. The maximum Gasteiger partial charge on any atom is 0.00149 e. The Bertz CT molecular complexity index is 206. The first-order valence-electron chi connectivity index (χ1n) is 6.28. The van der Waals surface area contributed by atoms with Gasteiger partial charge in [0.15, 0.2) is 0 Å². The number of hydrogen-bond donors (Lipinski definition) is 0. The van der Waals surface area contributed by atoms with Crippen LogP contribution in [0.4, 0.5) is 0 Å². The van der Waals surface area contributed by atoms with Crippen molar-refractivity contribution < 1.29 is 0 Å². The molecule has 0 aromatic heterocycles. The normalized spacial score (nSPS) is 29.8. The Morgan fingerprint density at radius 2 is 1.53 bits per heavy atom. The van der Waals surface area contributed by atoms with Crippen LogP contribution in [0.5, 0.6) is 0 Å². The van der Waals surface area contributed by atoms with Crippen LogP contribution in [0.25, 0.3) is 0 Å². The second-order valence-corrected chi connectivity index (χ2v) is 7.72. The molecule has 0 bridgehead atoms. The highest BCUT2D eigenvalue weighted by molar-refractivity contribution is 4.91. The van der Waals surface area contributed by atoms with E-state index in [-0.39, 0.29) is 0 Å². The fourth-order valence-electron chi connectivity index (χ4n) is 3.06. The zero-order valence-corrected chi connectivity index (χ0v) is 11.7. The van der Waals surface area contributed by atoms with Crippen molar-refractivity contribution in [2.45, 2.75) is 48.0 Å². The van der Waals surface area contributed by atoms with Crippen LogP contribution in [0.3, 0.4) is 0 Å². The monoisotopic (exact) mass is 211 g/mol. The molecule has 1 nitrogen and oxygen atoms in total. The van der Waals surface area contributed by atoms with Crippen LogP contribution in [0.2, 0.25) is 0 Å². The van der Waals surface area contributed by atoms with Crippen molar-refractivity contribution in [2.75, 3.05) is 20.1 Å². The molecular formula is C14H29N. The summed E-state index contributed by atoms with van der Waals surface area (Å²) in [5, 5.41) is 0. The summed E-state index contributed by atoms with van der Waals surface area (Å²) in [6, 6.07) is 0. The SMILES string of the molecule is CN1CC(CC(C)(C)C)C(C(C)(C)C)C1. The first-order chi connectivity index (χ1) is 6.59. The van der Waals surface area contributed by atoms with Gasteiger partial charge in [-0.05, 0) is 36.1 Å². The zero-order valence-electron chi connectivity index (χ0n) is 11.7. The van der Waals surface area contributed by atoms with Crippen molar-refractivity contribution in [1.29, 1.82) is 0 Å². The van der Waals surface area contributed by atoms with Crippen molar-refractivity contribution in [3.05, 3.63) is 0 Å². The summed E-state index contributed by atoms with van der Waals surface area (Å²) in [5.74, 6) is 1.75. The van der Waals surface area contributed by atoms with Crippen molar-refractivity contribution in [1.82, 2.24) is 4.90 Å². The maximum atomic E-state index is 2.51. The molecule has 2 unspecified atom stereocenters. The molecule has 1 saturated heterocycles. The summed E-state index contributed by atoms with van der Waals surface area (Å²) < 4.78 is 0. The molecule has 1 aliphatic heterocycles. The van der Waals surface area contributed by atoms with Crippen LogP contribution < -0.4 is 0 Å². The Kier molecular flexibility index (Phi) is 3.55. The first-order valence-corrected chi connectivity index (χ1v) is 6.28. The molecule has 0 amide bonds. The van der Waals surface area contributed by atoms with E-state index in [9.17, 15) is 0 Å². The van der Waals surface area contributed by atoms with Gasteiger partial charge in [0.05, 0.1) is 0 Å². The minimum Gasteiger partial charge on any atom is -0.306 e. The Hall–Kier alpha value is -0.0400. The number of rotatable bonds is 1. The Morgan fingerprint density at radius 1 is 1.00 bits per heavy atom. The van der Waals surface area contributed by atoms with Gasteiger partial charge < -0.3 is 4.90 Å². The predicted octanol–water partition coefficient (Wildman–Crippen LogP) is 3.65. The average Bonchev–Trinajstić information content (AvgIpc) is 2.25. The van der Waals surface area contributed by atoms with E-state index < -0.39 is 0 Å². The van der Waals surface area contributed by atoms with Gasteiger partial charge in [0.2, 0.25) is 0 Å². The number of likely N-dealkylation sites (tertiary alicyclic amines) is 1. The molecule has 90 valence electrons. The van der Waals surface area contributed by atoms with Gasteiger partial charge in [-0.1, -0.05) is 41.5 Å². The van der Waals surface area contributed by atoms with Crippen LogP contribution in [0.1, 0.15) is 48.0 Å². The highest BCUT2D eigenvalue weighted by atomic mass is 15.1. The fraction of sp³-hybridized carbons (Fsp3) is 1.00. The molecular weight excluding hydrogens is 182 g/mol. The molecule has 0 spiro atoms. The first kappa shape index (κ1) is 13.0. The summed E-state index contributed by atoms with van der Waals surface area (Å²) in [5.41, 5.74) is 0.931. The van der Waals surface area contributed by atoms with Crippen molar-refractivity contribution in [3.63, 3.8) is 0 Å². The molecule has 1 aliphatic rings. The second-order valence-electron chi connectivity index (χ2n) is 7.72. The van der Waals surface area contributed by atoms with E-state index in [1.54, 1.807) is 0 Å². The Balaban J connectivity index is 2.70. The van der Waals surface area contributed by atoms with Gasteiger partial charge in [-0.25, -0.2) is 0 Å². The Labute approximate surface area is 96.2 Å². The van der Waals surface area contributed by atoms with E-state index in [0.717, 1.165) is 11.8 Å². The third-order valence-corrected chi connectivity index (χ3v) is 3.61. The molecule has 0 aliphatic carbocycles. The molecule has 0 aromatic carbocycles. The zero-order chi connectivity index (χ0) is 11.9. The lowest BCUT2D eigenvalue weighted by Crippen LogP contribution is -2.29. The molecule has 2 atom stereocenters. The second kappa shape index (κ2) is 4.08. The highest BCUT2D eigenvalue weighted by Crippen LogP contribution is 2.42. The Morgan fingerprint density at radius 3 is 1.93 bits per heavy atom. The van der Waals surface area contributed by atoms with Gasteiger partial charge in [-0.3, -0.25) is 0 Å². The third kappa shape index (κ3) is 3.79. The molecule has 0 N–H and O–H groups in total. The number of hydrogen-bond acceptors (Lipinski definition) is 1. The summed E-state index contributed by atoms with van der Waals surface area (Å²) in [6.45, 7) is 16.9. The quantitative estimate of drug-likeness (QED) is 0.640. The van der Waals surface area contributed by atoms with Crippen LogP contribution >= 0.6 is 0 Å². The lowest BCUT2D eigenvalue weighted by Gasteiger charge is -2.34. The van der Waals surface area contributed by atoms with Gasteiger partial charge in [-0.15, -0.1) is 0 Å². The summed E-state index contributed by atoms with van der Waals surface area (Å²) in [7, 11) is 2.27. The smallest absolute Gasteiger partial charge is 0.00149 e. The van der Waals surface area contributed by atoms with E-state index in [1.807, 2.05) is 0 Å². The van der Waals surface area contributed by atoms with Crippen LogP contribution in [0.15, 0.2) is 0 Å². The lowest BCUT2D eigenvalue weighted by atomic mass is 9.70. The molecule has 1 heterocycles. The van der Waals surface area contributed by atoms with Crippen molar-refractivity contribution >= 4 is 0 Å². The summed E-state index contributed by atoms with van der Waals surface area (Å²) in [4.78, 5) is 2.51. The molecule has 0 saturated carbocycles. The van der Waals surface area contributed by atoms with E-state index in [0.29, 0.717) is 10.8 Å². The summed E-state index contributed by atoms with van der Waals surface area (Å²) in [6.07, 6.45) is 1.36. The van der Waals surface area contributed by atoms with Crippen LogP contribution in [0, 0.1) is 22.7 Å². The maximum absolute atomic E-state index is 2.51. The molecule has 0 aromatic rings. The third-order valence-electron chi connectivity index (χ3n) is 3.61. The van der Waals surface area contributed by atoms with Gasteiger partial charge in [-0.2, -0.15) is 0 Å². The molecule has 1 heteroatoms. The number of nitrogens with zero attached hydrogens (tertiary/aromatic N) is 1. The fourth-order valence-corrected chi connectivity index (χ4v) is 3.06. The van der Waals surface area contributed by atoms with Gasteiger partial charge in [0, 0.05) is 13.1 Å². The predicted molar refractivity (Wildman–Crippen MR) is 68.0 cm³/mol. The van der Waals surface area contributed by atoms with Gasteiger partial charge >= 0.3 is 0 Å². The van der Waals surface area contributed by atoms with Gasteiger partial charge in [0.1, 0.15) is 0 Å². The van der Waals surface area contributed by atoms with E-state index in [2.05, 4.69) is 53.5 Å². The molecule has 1 fully saturated rings. The van der Waals surface area contributed by atoms with Crippen LogP contribution in [-0.4, -0.2) is 25.0 Å². The minimum atomic E-state index is 0.459. The molecule has 0 radical (unpaired) electrons. The average molecular weight is 211 g/mol. The van der Waals surface area contributed by atoms with E-state index in [4.69, 9.17) is 0 Å². The van der Waals surface area contributed by atoms with Gasteiger partial charge in [0.25, 0.3) is 0 Å². The van der Waals surface area contributed by atoms with Crippen LogP contribution in [-0.2, 0) is 0 Å². The summed E-state index contributed by atoms with van der Waals surface area (Å²) >= 11 is 0. The van der Waals surface area contributed by atoms with E-state index >= 15 is 0 Å². The minimum absolute atomic E-state index is 0.459. The lowest BCUT2D eigenvalue weighted by molar-refractivity contribution is 0.161. The topological polar surface area (TPSA) is 3.24 Å². The van der Waals surface area contributed by atoms with Crippen molar-refractivity contribution in [2.24, 2.45) is 22.7 Å². The highest BCUT2D eigenvalue weighted by Gasteiger charge is 2.39. The molecule has 15 heavy (non-hydrogen) atoms. The van der Waals surface area contributed by atoms with Crippen molar-refractivity contribution in [3.8, 4) is 0 Å². The standard InChI is InChI=1S/C14H29N/c1-13(2,3)8-11-9-15(7)10-12(11)14(4,5)6/h11-12H,8-10H2,1-7H3.